The van der Waals surface area contributed by atoms with E-state index in [0.717, 1.165) is 0 Å². The first kappa shape index (κ1) is 9.32. The van der Waals surface area contributed by atoms with Crippen LogP contribution in [0.1, 0.15) is 30.9 Å². The molecule has 0 saturated heterocycles. The van der Waals surface area contributed by atoms with Crippen LogP contribution in [0.3, 0.4) is 0 Å². The molecule has 1 heterocycles. The Morgan fingerprint density at radius 3 is 2.50 bits per heavy atom. The molecular formula is C13H17N. The lowest BCUT2D eigenvalue weighted by Crippen LogP contribution is -1.89. The predicted octanol–water partition coefficient (Wildman–Crippen LogP) is 3.61. The molecule has 0 bridgehead atoms. The highest BCUT2D eigenvalue weighted by molar-refractivity contribution is 5.86. The summed E-state index contributed by atoms with van der Waals surface area (Å²) in [4.78, 5) is 0. The van der Waals surface area contributed by atoms with E-state index in [0.29, 0.717) is 5.92 Å². The van der Waals surface area contributed by atoms with Crippen LogP contribution < -0.4 is 0 Å². The highest BCUT2D eigenvalue weighted by atomic mass is 14.9. The van der Waals surface area contributed by atoms with E-state index >= 15 is 0 Å². The molecule has 2 rings (SSSR count). The maximum Gasteiger partial charge on any atom is 0.0113 e. The molecule has 1 nitrogen and oxygen atoms in total. The molecule has 0 atom stereocenters. The molecule has 0 radical (unpaired) electrons. The Hall–Kier alpha value is -1.24. The molecule has 0 fully saturated rings. The molecule has 0 spiro atoms. The first-order chi connectivity index (χ1) is 6.58. The second kappa shape index (κ2) is 3.16. The number of hydrogen-bond acceptors (Lipinski definition) is 0. The van der Waals surface area contributed by atoms with Gasteiger partial charge in [-0.25, -0.2) is 0 Å². The molecule has 0 aliphatic rings. The Kier molecular flexibility index (Phi) is 2.10. The largest absolute Gasteiger partial charge is 0.356 e. The van der Waals surface area contributed by atoms with Crippen LogP contribution >= 0.6 is 0 Å². The van der Waals surface area contributed by atoms with Crippen molar-refractivity contribution >= 4 is 10.8 Å². The zero-order chi connectivity index (χ0) is 10.3. The fraction of sp³-hybridized carbons (Fsp3) is 0.385. The third-order valence-corrected chi connectivity index (χ3v) is 2.69. The summed E-state index contributed by atoms with van der Waals surface area (Å²) in [6.07, 6.45) is 4.40. The van der Waals surface area contributed by atoms with Gasteiger partial charge in [0.2, 0.25) is 0 Å². The Bertz CT molecular complexity index is 463. The van der Waals surface area contributed by atoms with Crippen molar-refractivity contribution in [1.82, 2.24) is 4.57 Å². The Morgan fingerprint density at radius 1 is 1.14 bits per heavy atom. The number of hydrogen-bond donors (Lipinski definition) is 0. The van der Waals surface area contributed by atoms with Gasteiger partial charge in [-0.2, -0.15) is 0 Å². The van der Waals surface area contributed by atoms with Crippen LogP contribution in [0.2, 0.25) is 0 Å². The van der Waals surface area contributed by atoms with E-state index in [-0.39, 0.29) is 0 Å². The van der Waals surface area contributed by atoms with Crippen molar-refractivity contribution in [3.8, 4) is 0 Å². The summed E-state index contributed by atoms with van der Waals surface area (Å²) in [5, 5.41) is 2.75. The summed E-state index contributed by atoms with van der Waals surface area (Å²) in [5.41, 5.74) is 2.81. The minimum atomic E-state index is 0.597. The quantitative estimate of drug-likeness (QED) is 0.642. The minimum absolute atomic E-state index is 0.597. The highest BCUT2D eigenvalue weighted by Gasteiger charge is 2.07. The molecule has 74 valence electrons. The maximum absolute atomic E-state index is 2.30. The van der Waals surface area contributed by atoms with Crippen molar-refractivity contribution < 1.29 is 0 Å². The molecule has 0 saturated carbocycles. The molecule has 0 unspecified atom stereocenters. The standard InChI is InChI=1S/C13H17N/c1-9(2)12-6-10(3)5-11-7-14(4)8-13(11)12/h5-9H,1-4H3. The predicted molar refractivity (Wildman–Crippen MR) is 61.7 cm³/mol. The van der Waals surface area contributed by atoms with Gasteiger partial charge in [0.05, 0.1) is 0 Å². The van der Waals surface area contributed by atoms with Gasteiger partial charge in [0.1, 0.15) is 0 Å². The van der Waals surface area contributed by atoms with Crippen LogP contribution in [0, 0.1) is 6.92 Å². The Labute approximate surface area is 85.4 Å². The molecule has 0 aliphatic heterocycles. The summed E-state index contributed by atoms with van der Waals surface area (Å²) >= 11 is 0. The molecule has 1 heteroatoms. The van der Waals surface area contributed by atoms with Gasteiger partial charge in [-0.1, -0.05) is 25.5 Å². The molecule has 0 N–H and O–H groups in total. The zero-order valence-electron chi connectivity index (χ0n) is 9.33. The summed E-state index contributed by atoms with van der Waals surface area (Å²) < 4.78 is 2.13. The first-order valence-electron chi connectivity index (χ1n) is 5.14. The van der Waals surface area contributed by atoms with Gasteiger partial charge >= 0.3 is 0 Å². The van der Waals surface area contributed by atoms with E-state index < -0.39 is 0 Å². The van der Waals surface area contributed by atoms with Gasteiger partial charge in [-0.05, 0) is 29.9 Å². The monoisotopic (exact) mass is 187 g/mol. The Morgan fingerprint density at radius 2 is 1.86 bits per heavy atom. The minimum Gasteiger partial charge on any atom is -0.356 e. The molecule has 0 aliphatic carbocycles. The summed E-state index contributed by atoms with van der Waals surface area (Å²) in [5.74, 6) is 0.597. The maximum atomic E-state index is 2.30. The first-order valence-corrected chi connectivity index (χ1v) is 5.14. The van der Waals surface area contributed by atoms with Gasteiger partial charge in [0.15, 0.2) is 0 Å². The second-order valence-electron chi connectivity index (χ2n) is 4.44. The van der Waals surface area contributed by atoms with Crippen LogP contribution in [-0.2, 0) is 7.05 Å². The lowest BCUT2D eigenvalue weighted by molar-refractivity contribution is 0.873. The van der Waals surface area contributed by atoms with Gasteiger partial charge in [-0.3, -0.25) is 0 Å². The molecular weight excluding hydrogens is 170 g/mol. The van der Waals surface area contributed by atoms with Gasteiger partial charge in [-0.15, -0.1) is 0 Å². The summed E-state index contributed by atoms with van der Waals surface area (Å²) in [7, 11) is 2.08. The topological polar surface area (TPSA) is 4.93 Å². The van der Waals surface area contributed by atoms with Crippen LogP contribution in [-0.4, -0.2) is 4.57 Å². The number of benzene rings is 1. The molecule has 2 aromatic rings. The van der Waals surface area contributed by atoms with Crippen LogP contribution in [0.5, 0.6) is 0 Å². The molecule has 0 amide bonds. The smallest absolute Gasteiger partial charge is 0.0113 e. The van der Waals surface area contributed by atoms with Crippen molar-refractivity contribution in [3.05, 3.63) is 35.7 Å². The van der Waals surface area contributed by atoms with Crippen molar-refractivity contribution in [2.75, 3.05) is 0 Å². The SMILES string of the molecule is Cc1cc(C(C)C)c2cn(C)cc2c1. The van der Waals surface area contributed by atoms with Crippen LogP contribution in [0.15, 0.2) is 24.5 Å². The van der Waals surface area contributed by atoms with Crippen LogP contribution in [0.25, 0.3) is 10.8 Å². The average molecular weight is 187 g/mol. The fourth-order valence-electron chi connectivity index (χ4n) is 2.05. The lowest BCUT2D eigenvalue weighted by Gasteiger charge is -2.08. The van der Waals surface area contributed by atoms with Crippen molar-refractivity contribution in [1.29, 1.82) is 0 Å². The van der Waals surface area contributed by atoms with Crippen LogP contribution in [0.4, 0.5) is 0 Å². The average Bonchev–Trinajstić information content (AvgIpc) is 2.42. The van der Waals surface area contributed by atoms with Gasteiger partial charge in [0.25, 0.3) is 0 Å². The van der Waals surface area contributed by atoms with Crippen molar-refractivity contribution in [2.24, 2.45) is 7.05 Å². The van der Waals surface area contributed by atoms with Crippen molar-refractivity contribution in [3.63, 3.8) is 0 Å². The number of rotatable bonds is 1. The lowest BCUT2D eigenvalue weighted by atomic mass is 9.96. The number of aromatic nitrogens is 1. The molecule has 14 heavy (non-hydrogen) atoms. The van der Waals surface area contributed by atoms with Crippen molar-refractivity contribution in [2.45, 2.75) is 26.7 Å². The van der Waals surface area contributed by atoms with E-state index in [9.17, 15) is 0 Å². The molecule has 1 aromatic heterocycles. The van der Waals surface area contributed by atoms with E-state index in [4.69, 9.17) is 0 Å². The van der Waals surface area contributed by atoms with E-state index in [1.54, 1.807) is 0 Å². The fourth-order valence-corrected chi connectivity index (χ4v) is 2.05. The third kappa shape index (κ3) is 1.43. The second-order valence-corrected chi connectivity index (χ2v) is 4.44. The van der Waals surface area contributed by atoms with E-state index in [2.05, 4.69) is 56.9 Å². The van der Waals surface area contributed by atoms with E-state index in [1.807, 2.05) is 0 Å². The third-order valence-electron chi connectivity index (χ3n) is 2.69. The van der Waals surface area contributed by atoms with Gasteiger partial charge < -0.3 is 4.57 Å². The highest BCUT2D eigenvalue weighted by Crippen LogP contribution is 2.27. The number of aryl methyl sites for hydroxylation is 2. The summed E-state index contributed by atoms with van der Waals surface area (Å²) in [6, 6.07) is 4.55. The number of fused-ring (bicyclic) bond motifs is 1. The van der Waals surface area contributed by atoms with Gasteiger partial charge in [0, 0.05) is 24.8 Å². The van der Waals surface area contributed by atoms with E-state index in [1.165, 1.54) is 21.9 Å². The molecule has 1 aromatic carbocycles. The summed E-state index contributed by atoms with van der Waals surface area (Å²) in [6.45, 7) is 6.67. The normalized spacial score (nSPS) is 11.5. The zero-order valence-corrected chi connectivity index (χ0v) is 9.33. The Balaban J connectivity index is 2.79. The number of nitrogens with zero attached hydrogens (tertiary/aromatic N) is 1.